The van der Waals surface area contributed by atoms with Gasteiger partial charge in [0.05, 0.1) is 5.52 Å². The fourth-order valence-corrected chi connectivity index (χ4v) is 1.70. The number of H-pyrrole nitrogens is 1. The molecule has 0 aliphatic rings. The molecule has 2 rings (SSSR count). The van der Waals surface area contributed by atoms with Crippen molar-refractivity contribution in [2.45, 2.75) is 27.3 Å². The summed E-state index contributed by atoms with van der Waals surface area (Å²) < 4.78 is 4.91. The Kier molecular flexibility index (Phi) is 3.83. The molecule has 2 aromatic rings. The van der Waals surface area contributed by atoms with E-state index < -0.39 is 5.76 Å². The number of benzene rings is 1. The Balaban J connectivity index is 1.92. The van der Waals surface area contributed by atoms with Crippen LogP contribution in [-0.4, -0.2) is 17.6 Å². The van der Waals surface area contributed by atoms with Crippen LogP contribution >= 0.6 is 0 Å². The summed E-state index contributed by atoms with van der Waals surface area (Å²) in [5.74, 6) is -0.479. The zero-order chi connectivity index (χ0) is 14.8. The Morgan fingerprint density at radius 1 is 1.30 bits per heavy atom. The van der Waals surface area contributed by atoms with Crippen LogP contribution in [0.2, 0.25) is 0 Å². The maximum absolute atomic E-state index is 11.6. The minimum absolute atomic E-state index is 0.0481. The number of hydrogen-bond acceptors (Lipinski definition) is 3. The number of carbonyl (C=O) groups excluding carboxylic acids is 1. The second-order valence-electron chi connectivity index (χ2n) is 5.94. The molecule has 0 atom stereocenters. The second-order valence-corrected chi connectivity index (χ2v) is 5.94. The number of amides is 2. The van der Waals surface area contributed by atoms with E-state index >= 15 is 0 Å². The van der Waals surface area contributed by atoms with Crippen LogP contribution in [-0.2, 0) is 6.54 Å². The van der Waals surface area contributed by atoms with E-state index in [0.29, 0.717) is 24.2 Å². The molecular formula is C14H19N3O3. The lowest BCUT2D eigenvalue weighted by molar-refractivity contribution is 0.235. The van der Waals surface area contributed by atoms with Crippen molar-refractivity contribution in [3.05, 3.63) is 34.3 Å². The number of aromatic amines is 1. The zero-order valence-electron chi connectivity index (χ0n) is 11.9. The first-order valence-corrected chi connectivity index (χ1v) is 6.47. The average Bonchev–Trinajstić information content (AvgIpc) is 2.72. The molecule has 0 unspecified atom stereocenters. The van der Waals surface area contributed by atoms with E-state index in [1.807, 2.05) is 6.07 Å². The van der Waals surface area contributed by atoms with Gasteiger partial charge >= 0.3 is 11.8 Å². The fraction of sp³-hybridized carbons (Fsp3) is 0.429. The highest BCUT2D eigenvalue weighted by Gasteiger charge is 2.11. The minimum Gasteiger partial charge on any atom is -0.408 e. The number of aromatic nitrogens is 1. The first-order chi connectivity index (χ1) is 9.33. The molecule has 0 radical (unpaired) electrons. The summed E-state index contributed by atoms with van der Waals surface area (Å²) in [6, 6.07) is 5.09. The summed E-state index contributed by atoms with van der Waals surface area (Å²) in [5.41, 5.74) is 2.08. The highest BCUT2D eigenvalue weighted by molar-refractivity contribution is 5.75. The Labute approximate surface area is 116 Å². The summed E-state index contributed by atoms with van der Waals surface area (Å²) >= 11 is 0. The molecule has 3 N–H and O–H groups in total. The average molecular weight is 277 g/mol. The molecule has 1 heterocycles. The SMILES string of the molecule is CC(C)(C)CNC(=O)NCc1ccc2oc(=O)[nH]c2c1. The molecular weight excluding hydrogens is 258 g/mol. The number of carbonyl (C=O) groups is 1. The summed E-state index contributed by atoms with van der Waals surface area (Å²) in [4.78, 5) is 25.3. The molecule has 0 saturated heterocycles. The number of nitrogens with one attached hydrogen (secondary N) is 3. The molecule has 0 aliphatic heterocycles. The first kappa shape index (κ1) is 14.2. The van der Waals surface area contributed by atoms with Crippen LogP contribution in [0.1, 0.15) is 26.3 Å². The van der Waals surface area contributed by atoms with Crippen LogP contribution < -0.4 is 16.4 Å². The number of rotatable bonds is 3. The third kappa shape index (κ3) is 3.88. The predicted octanol–water partition coefficient (Wildman–Crippen LogP) is 1.97. The first-order valence-electron chi connectivity index (χ1n) is 6.47. The monoisotopic (exact) mass is 277 g/mol. The van der Waals surface area contributed by atoms with E-state index in [1.165, 1.54) is 0 Å². The van der Waals surface area contributed by atoms with E-state index in [1.54, 1.807) is 12.1 Å². The van der Waals surface area contributed by atoms with Gasteiger partial charge < -0.3 is 15.1 Å². The molecule has 0 bridgehead atoms. The lowest BCUT2D eigenvalue weighted by atomic mass is 9.97. The van der Waals surface area contributed by atoms with Crippen LogP contribution in [0.4, 0.5) is 4.79 Å². The van der Waals surface area contributed by atoms with Gasteiger partial charge in [0, 0.05) is 13.1 Å². The molecule has 20 heavy (non-hydrogen) atoms. The maximum Gasteiger partial charge on any atom is 0.417 e. The standard InChI is InChI=1S/C14H19N3O3/c1-14(2,3)8-16-12(18)15-7-9-4-5-11-10(6-9)17-13(19)20-11/h4-6H,7-8H2,1-3H3,(H,17,19)(H2,15,16,18). The van der Waals surface area contributed by atoms with Crippen LogP contribution in [0, 0.1) is 5.41 Å². The van der Waals surface area contributed by atoms with Crippen molar-refractivity contribution in [2.24, 2.45) is 5.41 Å². The fourth-order valence-electron chi connectivity index (χ4n) is 1.70. The van der Waals surface area contributed by atoms with Gasteiger partial charge in [0.1, 0.15) is 0 Å². The molecule has 6 nitrogen and oxygen atoms in total. The Bertz CT molecular complexity index is 664. The van der Waals surface area contributed by atoms with E-state index in [2.05, 4.69) is 36.4 Å². The molecule has 0 aliphatic carbocycles. The molecule has 0 spiro atoms. The molecule has 1 aromatic heterocycles. The molecule has 1 aromatic carbocycles. The van der Waals surface area contributed by atoms with Gasteiger partial charge in [0.15, 0.2) is 5.58 Å². The topological polar surface area (TPSA) is 87.1 Å². The van der Waals surface area contributed by atoms with Crippen molar-refractivity contribution in [3.63, 3.8) is 0 Å². The van der Waals surface area contributed by atoms with Gasteiger partial charge in [0.25, 0.3) is 0 Å². The third-order valence-electron chi connectivity index (χ3n) is 2.72. The molecule has 0 saturated carbocycles. The number of hydrogen-bond donors (Lipinski definition) is 3. The quantitative estimate of drug-likeness (QED) is 0.801. The highest BCUT2D eigenvalue weighted by Crippen LogP contribution is 2.12. The van der Waals surface area contributed by atoms with E-state index in [0.717, 1.165) is 5.56 Å². The van der Waals surface area contributed by atoms with Crippen molar-refractivity contribution < 1.29 is 9.21 Å². The number of fused-ring (bicyclic) bond motifs is 1. The highest BCUT2D eigenvalue weighted by atomic mass is 16.4. The van der Waals surface area contributed by atoms with Gasteiger partial charge in [0.2, 0.25) is 0 Å². The summed E-state index contributed by atoms with van der Waals surface area (Å²) in [6.45, 7) is 7.15. The zero-order valence-corrected chi connectivity index (χ0v) is 11.9. The smallest absolute Gasteiger partial charge is 0.408 e. The number of urea groups is 1. The van der Waals surface area contributed by atoms with E-state index in [4.69, 9.17) is 4.42 Å². The van der Waals surface area contributed by atoms with Crippen molar-refractivity contribution in [3.8, 4) is 0 Å². The van der Waals surface area contributed by atoms with Gasteiger partial charge in [-0.1, -0.05) is 26.8 Å². The summed E-state index contributed by atoms with van der Waals surface area (Å²) in [5, 5.41) is 5.58. The van der Waals surface area contributed by atoms with Crippen LogP contribution in [0.3, 0.4) is 0 Å². The van der Waals surface area contributed by atoms with Gasteiger partial charge in [-0.2, -0.15) is 0 Å². The molecule has 108 valence electrons. The van der Waals surface area contributed by atoms with Gasteiger partial charge in [-0.05, 0) is 23.1 Å². The minimum atomic E-state index is -0.479. The van der Waals surface area contributed by atoms with Crippen LogP contribution in [0.5, 0.6) is 0 Å². The second kappa shape index (κ2) is 5.40. The van der Waals surface area contributed by atoms with Gasteiger partial charge in [-0.3, -0.25) is 4.98 Å². The Hall–Kier alpha value is -2.24. The van der Waals surface area contributed by atoms with Crippen molar-refractivity contribution >= 4 is 17.1 Å². The normalized spacial score (nSPS) is 11.6. The van der Waals surface area contributed by atoms with Crippen LogP contribution in [0.15, 0.2) is 27.4 Å². The van der Waals surface area contributed by atoms with Crippen molar-refractivity contribution in [2.75, 3.05) is 6.54 Å². The molecule has 6 heteroatoms. The Morgan fingerprint density at radius 2 is 2.05 bits per heavy atom. The van der Waals surface area contributed by atoms with Gasteiger partial charge in [-0.15, -0.1) is 0 Å². The lowest BCUT2D eigenvalue weighted by Crippen LogP contribution is -2.39. The summed E-state index contributed by atoms with van der Waals surface area (Å²) in [6.07, 6.45) is 0. The van der Waals surface area contributed by atoms with Crippen molar-refractivity contribution in [1.82, 2.24) is 15.6 Å². The lowest BCUT2D eigenvalue weighted by Gasteiger charge is -2.18. The number of oxazole rings is 1. The van der Waals surface area contributed by atoms with Crippen LogP contribution in [0.25, 0.3) is 11.1 Å². The summed E-state index contributed by atoms with van der Waals surface area (Å²) in [7, 11) is 0. The Morgan fingerprint density at radius 3 is 2.75 bits per heavy atom. The maximum atomic E-state index is 11.6. The molecule has 2 amide bonds. The van der Waals surface area contributed by atoms with E-state index in [-0.39, 0.29) is 11.4 Å². The molecule has 0 fully saturated rings. The van der Waals surface area contributed by atoms with Crippen molar-refractivity contribution in [1.29, 1.82) is 0 Å². The van der Waals surface area contributed by atoms with Gasteiger partial charge in [-0.25, -0.2) is 9.59 Å². The van der Waals surface area contributed by atoms with E-state index in [9.17, 15) is 9.59 Å². The largest absolute Gasteiger partial charge is 0.417 e. The predicted molar refractivity (Wildman–Crippen MR) is 76.5 cm³/mol. The third-order valence-corrected chi connectivity index (χ3v) is 2.72.